The third-order valence-electron chi connectivity index (χ3n) is 5.06. The molecule has 0 radical (unpaired) electrons. The van der Waals surface area contributed by atoms with Crippen LogP contribution in [0.5, 0.6) is 0 Å². The normalized spacial score (nSPS) is 20.7. The Morgan fingerprint density at radius 2 is 1.96 bits per heavy atom. The largest absolute Gasteiger partial charge is 0.381 e. The Morgan fingerprint density at radius 3 is 2.60 bits per heavy atom. The lowest BCUT2D eigenvalue weighted by Gasteiger charge is -2.23. The fraction of sp³-hybridized carbons (Fsp3) is 0.947. The van der Waals surface area contributed by atoms with Gasteiger partial charge in [0.2, 0.25) is 0 Å². The molecular formula is C19H38N4O2. The molecule has 1 aliphatic heterocycles. The Hall–Kier alpha value is -0.850. The fourth-order valence-corrected chi connectivity index (χ4v) is 3.29. The Bertz CT molecular complexity index is 378. The first-order chi connectivity index (χ1) is 12.2. The Kier molecular flexibility index (Phi) is 9.58. The number of rotatable bonds is 11. The van der Waals surface area contributed by atoms with Crippen LogP contribution in [-0.4, -0.2) is 77.1 Å². The highest BCUT2D eigenvalue weighted by Gasteiger charge is 2.32. The molecule has 1 unspecified atom stereocenters. The predicted molar refractivity (Wildman–Crippen MR) is 103 cm³/mol. The molecule has 6 heteroatoms. The lowest BCUT2D eigenvalue weighted by Crippen LogP contribution is -2.40. The van der Waals surface area contributed by atoms with Gasteiger partial charge in [-0.2, -0.15) is 0 Å². The van der Waals surface area contributed by atoms with Crippen LogP contribution in [0.1, 0.15) is 39.0 Å². The predicted octanol–water partition coefficient (Wildman–Crippen LogP) is 1.72. The molecule has 2 fully saturated rings. The van der Waals surface area contributed by atoms with E-state index in [1.165, 1.54) is 12.8 Å². The fourth-order valence-electron chi connectivity index (χ4n) is 3.29. The highest BCUT2D eigenvalue weighted by atomic mass is 16.5. The number of nitrogens with zero attached hydrogens (tertiary/aromatic N) is 2. The SMILES string of the molecule is CCNC(=NCC(C1CC1)N(C)C)NCCCOCC1CCOCC1. The van der Waals surface area contributed by atoms with Crippen molar-refractivity contribution in [1.82, 2.24) is 15.5 Å². The van der Waals surface area contributed by atoms with E-state index in [1.54, 1.807) is 0 Å². The molecule has 25 heavy (non-hydrogen) atoms. The quantitative estimate of drug-likeness (QED) is 0.336. The second-order valence-corrected chi connectivity index (χ2v) is 7.50. The van der Waals surface area contributed by atoms with Crippen LogP contribution in [-0.2, 0) is 9.47 Å². The minimum absolute atomic E-state index is 0.568. The van der Waals surface area contributed by atoms with Crippen molar-refractivity contribution < 1.29 is 9.47 Å². The van der Waals surface area contributed by atoms with Crippen molar-refractivity contribution in [3.05, 3.63) is 0 Å². The summed E-state index contributed by atoms with van der Waals surface area (Å²) >= 11 is 0. The molecule has 0 aromatic rings. The number of aliphatic imine (C=N–C) groups is 1. The van der Waals surface area contributed by atoms with Crippen LogP contribution in [0.25, 0.3) is 0 Å². The molecule has 1 heterocycles. The van der Waals surface area contributed by atoms with Crippen LogP contribution >= 0.6 is 0 Å². The molecule has 2 N–H and O–H groups in total. The van der Waals surface area contributed by atoms with Crippen molar-refractivity contribution >= 4 is 5.96 Å². The van der Waals surface area contributed by atoms with E-state index in [0.717, 1.165) is 77.2 Å². The highest BCUT2D eigenvalue weighted by molar-refractivity contribution is 5.79. The van der Waals surface area contributed by atoms with Gasteiger partial charge in [0, 0.05) is 45.6 Å². The van der Waals surface area contributed by atoms with Crippen molar-refractivity contribution in [2.75, 3.05) is 60.2 Å². The standard InChI is InChI=1S/C19H38N4O2/c1-4-20-19(22-14-18(23(2)3)17-6-7-17)21-10-5-11-25-15-16-8-12-24-13-9-16/h16-18H,4-15H2,1-3H3,(H2,20,21,22). The first kappa shape index (κ1) is 20.5. The van der Waals surface area contributed by atoms with Gasteiger partial charge in [0.15, 0.2) is 5.96 Å². The first-order valence-corrected chi connectivity index (χ1v) is 10.0. The molecule has 2 rings (SSSR count). The molecule has 0 bridgehead atoms. The van der Waals surface area contributed by atoms with Gasteiger partial charge in [-0.15, -0.1) is 0 Å². The molecule has 0 aromatic heterocycles. The summed E-state index contributed by atoms with van der Waals surface area (Å²) in [5, 5.41) is 6.78. The number of likely N-dealkylation sites (N-methyl/N-ethyl adjacent to an activating group) is 1. The molecular weight excluding hydrogens is 316 g/mol. The zero-order chi connectivity index (χ0) is 17.9. The third kappa shape index (κ3) is 8.38. The Labute approximate surface area is 153 Å². The maximum Gasteiger partial charge on any atom is 0.191 e. The van der Waals surface area contributed by atoms with Gasteiger partial charge in [-0.05, 0) is 65.0 Å². The molecule has 1 saturated carbocycles. The molecule has 1 aliphatic carbocycles. The Morgan fingerprint density at radius 1 is 1.20 bits per heavy atom. The van der Waals surface area contributed by atoms with E-state index in [4.69, 9.17) is 14.5 Å². The van der Waals surface area contributed by atoms with Crippen molar-refractivity contribution in [1.29, 1.82) is 0 Å². The first-order valence-electron chi connectivity index (χ1n) is 10.0. The van der Waals surface area contributed by atoms with E-state index in [-0.39, 0.29) is 0 Å². The van der Waals surface area contributed by atoms with Crippen LogP contribution in [0.3, 0.4) is 0 Å². The second kappa shape index (κ2) is 11.7. The zero-order valence-electron chi connectivity index (χ0n) is 16.4. The lowest BCUT2D eigenvalue weighted by molar-refractivity contribution is 0.0203. The summed E-state index contributed by atoms with van der Waals surface area (Å²) < 4.78 is 11.2. The molecule has 2 aliphatic rings. The van der Waals surface area contributed by atoms with Gasteiger partial charge in [-0.1, -0.05) is 0 Å². The number of nitrogens with one attached hydrogen (secondary N) is 2. The van der Waals surface area contributed by atoms with Gasteiger partial charge in [0.1, 0.15) is 0 Å². The smallest absolute Gasteiger partial charge is 0.191 e. The molecule has 0 spiro atoms. The van der Waals surface area contributed by atoms with Crippen LogP contribution in [0.15, 0.2) is 4.99 Å². The summed E-state index contributed by atoms with van der Waals surface area (Å²) in [6.45, 7) is 8.25. The van der Waals surface area contributed by atoms with Crippen molar-refractivity contribution in [3.63, 3.8) is 0 Å². The lowest BCUT2D eigenvalue weighted by atomic mass is 10.0. The van der Waals surface area contributed by atoms with Crippen LogP contribution in [0, 0.1) is 11.8 Å². The maximum absolute atomic E-state index is 5.82. The van der Waals surface area contributed by atoms with Gasteiger partial charge < -0.3 is 25.0 Å². The Balaban J connectivity index is 1.58. The molecule has 6 nitrogen and oxygen atoms in total. The zero-order valence-corrected chi connectivity index (χ0v) is 16.4. The summed E-state index contributed by atoms with van der Waals surface area (Å²) in [5.74, 6) is 2.45. The molecule has 1 atom stereocenters. The summed E-state index contributed by atoms with van der Waals surface area (Å²) in [6, 6.07) is 0.568. The van der Waals surface area contributed by atoms with Gasteiger partial charge in [-0.25, -0.2) is 0 Å². The van der Waals surface area contributed by atoms with E-state index in [2.05, 4.69) is 36.6 Å². The number of hydrogen-bond donors (Lipinski definition) is 2. The monoisotopic (exact) mass is 354 g/mol. The van der Waals surface area contributed by atoms with Crippen LogP contribution in [0.2, 0.25) is 0 Å². The maximum atomic E-state index is 5.82. The van der Waals surface area contributed by atoms with E-state index in [9.17, 15) is 0 Å². The van der Waals surface area contributed by atoms with Gasteiger partial charge in [0.05, 0.1) is 6.54 Å². The average Bonchev–Trinajstić information content (AvgIpc) is 3.43. The minimum atomic E-state index is 0.568. The van der Waals surface area contributed by atoms with Crippen LogP contribution < -0.4 is 10.6 Å². The average molecular weight is 355 g/mol. The molecule has 146 valence electrons. The topological polar surface area (TPSA) is 58.1 Å². The van der Waals surface area contributed by atoms with Crippen molar-refractivity contribution in [2.45, 2.75) is 45.1 Å². The molecule has 0 aromatic carbocycles. The number of ether oxygens (including phenoxy) is 2. The summed E-state index contributed by atoms with van der Waals surface area (Å²) in [7, 11) is 4.32. The second-order valence-electron chi connectivity index (χ2n) is 7.50. The minimum Gasteiger partial charge on any atom is -0.381 e. The summed E-state index contributed by atoms with van der Waals surface area (Å²) in [4.78, 5) is 7.10. The van der Waals surface area contributed by atoms with E-state index >= 15 is 0 Å². The van der Waals surface area contributed by atoms with Crippen molar-refractivity contribution in [2.24, 2.45) is 16.8 Å². The third-order valence-corrected chi connectivity index (χ3v) is 5.06. The van der Waals surface area contributed by atoms with E-state index < -0.39 is 0 Å². The summed E-state index contributed by atoms with van der Waals surface area (Å²) in [6.07, 6.45) is 6.00. The summed E-state index contributed by atoms with van der Waals surface area (Å²) in [5.41, 5.74) is 0. The van der Waals surface area contributed by atoms with Crippen LogP contribution in [0.4, 0.5) is 0 Å². The number of hydrogen-bond acceptors (Lipinski definition) is 4. The van der Waals surface area contributed by atoms with Crippen molar-refractivity contribution in [3.8, 4) is 0 Å². The van der Waals surface area contributed by atoms with Gasteiger partial charge in [-0.3, -0.25) is 4.99 Å². The van der Waals surface area contributed by atoms with E-state index in [0.29, 0.717) is 12.0 Å². The highest BCUT2D eigenvalue weighted by Crippen LogP contribution is 2.34. The molecule has 1 saturated heterocycles. The van der Waals surface area contributed by atoms with E-state index in [1.807, 2.05) is 0 Å². The molecule has 0 amide bonds. The number of guanidine groups is 1. The van der Waals surface area contributed by atoms with Gasteiger partial charge in [0.25, 0.3) is 0 Å². The van der Waals surface area contributed by atoms with Gasteiger partial charge >= 0.3 is 0 Å².